The predicted molar refractivity (Wildman–Crippen MR) is 52.8 cm³/mol. The fourth-order valence-electron chi connectivity index (χ4n) is 1.34. The van der Waals surface area contributed by atoms with Crippen molar-refractivity contribution in [3.8, 4) is 0 Å². The van der Waals surface area contributed by atoms with Crippen LogP contribution < -0.4 is 0 Å². The molecule has 0 aromatic heterocycles. The van der Waals surface area contributed by atoms with E-state index in [0.29, 0.717) is 5.92 Å². The number of unbranched alkanes of at least 4 members (excludes halogenated alkanes) is 1. The second kappa shape index (κ2) is 7.84. The first kappa shape index (κ1) is 12.2. The molecule has 0 fully saturated rings. The Morgan fingerprint density at radius 2 is 2.08 bits per heavy atom. The van der Waals surface area contributed by atoms with Gasteiger partial charge in [-0.2, -0.15) is 0 Å². The van der Waals surface area contributed by atoms with Gasteiger partial charge in [0.05, 0.1) is 0 Å². The molecule has 1 radical (unpaired) electrons. The van der Waals surface area contributed by atoms with Crippen LogP contribution in [0.4, 0.5) is 0 Å². The van der Waals surface area contributed by atoms with Gasteiger partial charge in [-0.3, -0.25) is 0 Å². The van der Waals surface area contributed by atoms with Crippen LogP contribution in [0.5, 0.6) is 0 Å². The molecule has 0 heterocycles. The van der Waals surface area contributed by atoms with Crippen LogP contribution in [0, 0.1) is 5.92 Å². The summed E-state index contributed by atoms with van der Waals surface area (Å²) >= 11 is 0. The summed E-state index contributed by atoms with van der Waals surface area (Å²) in [6.45, 7) is 4.32. The molecular formula is C11H19O2. The zero-order chi connectivity index (χ0) is 10.1. The summed E-state index contributed by atoms with van der Waals surface area (Å²) in [6, 6.07) is 0. The Morgan fingerprint density at radius 3 is 2.54 bits per heavy atom. The van der Waals surface area contributed by atoms with Crippen LogP contribution in [0.1, 0.15) is 46.0 Å². The summed E-state index contributed by atoms with van der Waals surface area (Å²) in [4.78, 5) is 10.1. The lowest BCUT2D eigenvalue weighted by Gasteiger charge is -2.10. The molecule has 0 bridgehead atoms. The maximum absolute atomic E-state index is 10.1. The molecule has 0 amide bonds. The zero-order valence-electron chi connectivity index (χ0n) is 8.58. The normalized spacial score (nSPS) is 13.4. The molecule has 0 saturated carbocycles. The first-order valence-corrected chi connectivity index (χ1v) is 5.08. The van der Waals surface area contributed by atoms with Crippen molar-refractivity contribution in [2.24, 2.45) is 5.92 Å². The number of carbonyl (C=O) groups excluding carboxylic acids is 1. The molecule has 0 aromatic rings. The highest BCUT2D eigenvalue weighted by Crippen LogP contribution is 2.16. The third-order valence-corrected chi connectivity index (χ3v) is 2.27. The summed E-state index contributed by atoms with van der Waals surface area (Å²) in [5, 5.41) is 10.1. The Labute approximate surface area is 80.7 Å². The second-order valence-corrected chi connectivity index (χ2v) is 3.37. The Kier molecular flexibility index (Phi) is 7.36. The van der Waals surface area contributed by atoms with Gasteiger partial charge in [0, 0.05) is 6.08 Å². The number of allylic oxidation sites excluding steroid dienone is 1. The molecule has 1 atom stereocenters. The van der Waals surface area contributed by atoms with E-state index in [9.17, 15) is 9.90 Å². The molecule has 0 N–H and O–H groups in total. The molecule has 0 aliphatic rings. The lowest BCUT2D eigenvalue weighted by molar-refractivity contribution is -0.137. The molecule has 0 rings (SSSR count). The van der Waals surface area contributed by atoms with E-state index in [1.807, 2.05) is 0 Å². The van der Waals surface area contributed by atoms with Gasteiger partial charge in [0.1, 0.15) is 0 Å². The third kappa shape index (κ3) is 7.57. The van der Waals surface area contributed by atoms with Crippen molar-refractivity contribution in [2.45, 2.75) is 46.0 Å². The van der Waals surface area contributed by atoms with Crippen LogP contribution in [0.3, 0.4) is 0 Å². The predicted octanol–water partition coefficient (Wildman–Crippen LogP) is 3.11. The SMILES string of the molecule is CCCCC(CC)CC=CC([O])=O. The van der Waals surface area contributed by atoms with Gasteiger partial charge < -0.3 is 0 Å². The highest BCUT2D eigenvalue weighted by molar-refractivity contribution is 5.79. The van der Waals surface area contributed by atoms with E-state index < -0.39 is 5.97 Å². The van der Waals surface area contributed by atoms with E-state index in [-0.39, 0.29) is 0 Å². The number of carbonyl (C=O) groups is 1. The van der Waals surface area contributed by atoms with E-state index in [0.717, 1.165) is 18.9 Å². The van der Waals surface area contributed by atoms with Gasteiger partial charge in [-0.25, -0.2) is 9.90 Å². The van der Waals surface area contributed by atoms with E-state index in [1.165, 1.54) is 19.3 Å². The van der Waals surface area contributed by atoms with E-state index in [4.69, 9.17) is 0 Å². The van der Waals surface area contributed by atoms with Crippen LogP contribution in [0.15, 0.2) is 12.2 Å². The Morgan fingerprint density at radius 1 is 1.38 bits per heavy atom. The lowest BCUT2D eigenvalue weighted by Crippen LogP contribution is -1.97. The van der Waals surface area contributed by atoms with Gasteiger partial charge in [0.15, 0.2) is 0 Å². The molecule has 0 aliphatic heterocycles. The summed E-state index contributed by atoms with van der Waals surface area (Å²) in [6.07, 6.45) is 8.47. The van der Waals surface area contributed by atoms with Crippen molar-refractivity contribution in [2.75, 3.05) is 0 Å². The first-order chi connectivity index (χ1) is 6.20. The van der Waals surface area contributed by atoms with Gasteiger partial charge in [-0.1, -0.05) is 45.6 Å². The first-order valence-electron chi connectivity index (χ1n) is 5.08. The lowest BCUT2D eigenvalue weighted by atomic mass is 9.96. The summed E-state index contributed by atoms with van der Waals surface area (Å²) in [7, 11) is 0. The molecule has 75 valence electrons. The van der Waals surface area contributed by atoms with E-state index in [1.54, 1.807) is 6.08 Å². The standard InChI is InChI=1S/C11H19O2/c1-3-5-7-10(4-2)8-6-9-11(12)13/h6,9-10H,3-5,7-8H2,1-2H3. The van der Waals surface area contributed by atoms with Crippen molar-refractivity contribution in [1.82, 2.24) is 0 Å². The minimum absolute atomic E-state index is 0.635. The Bertz CT molecular complexity index is 161. The molecule has 0 aromatic carbocycles. The monoisotopic (exact) mass is 183 g/mol. The van der Waals surface area contributed by atoms with Crippen LogP contribution in [0.2, 0.25) is 0 Å². The van der Waals surface area contributed by atoms with E-state index in [2.05, 4.69) is 13.8 Å². The summed E-state index contributed by atoms with van der Waals surface area (Å²) in [5.74, 6) is -0.458. The molecule has 1 unspecified atom stereocenters. The van der Waals surface area contributed by atoms with Crippen LogP contribution in [-0.2, 0) is 9.90 Å². The second-order valence-electron chi connectivity index (χ2n) is 3.37. The molecule has 0 spiro atoms. The quantitative estimate of drug-likeness (QED) is 0.559. The summed E-state index contributed by atoms with van der Waals surface area (Å²) in [5.41, 5.74) is 0. The van der Waals surface area contributed by atoms with Crippen molar-refractivity contribution in [3.05, 3.63) is 12.2 Å². The highest BCUT2D eigenvalue weighted by atomic mass is 16.4. The van der Waals surface area contributed by atoms with Gasteiger partial charge in [0.2, 0.25) is 0 Å². The number of hydrogen-bond donors (Lipinski definition) is 0. The highest BCUT2D eigenvalue weighted by Gasteiger charge is 2.03. The van der Waals surface area contributed by atoms with Crippen LogP contribution >= 0.6 is 0 Å². The van der Waals surface area contributed by atoms with Crippen molar-refractivity contribution < 1.29 is 9.90 Å². The minimum atomic E-state index is -1.09. The fourth-order valence-corrected chi connectivity index (χ4v) is 1.34. The molecular weight excluding hydrogens is 164 g/mol. The topological polar surface area (TPSA) is 37.0 Å². The smallest absolute Gasteiger partial charge is 0.242 e. The zero-order valence-corrected chi connectivity index (χ0v) is 8.58. The van der Waals surface area contributed by atoms with Crippen molar-refractivity contribution >= 4 is 5.97 Å². The fraction of sp³-hybridized carbons (Fsp3) is 0.727. The van der Waals surface area contributed by atoms with Gasteiger partial charge in [-0.05, 0) is 12.3 Å². The average molecular weight is 183 g/mol. The summed E-state index contributed by atoms with van der Waals surface area (Å²) < 4.78 is 0. The van der Waals surface area contributed by atoms with Gasteiger partial charge in [0.25, 0.3) is 0 Å². The maximum Gasteiger partial charge on any atom is 0.378 e. The van der Waals surface area contributed by atoms with Gasteiger partial charge >= 0.3 is 5.97 Å². The van der Waals surface area contributed by atoms with E-state index >= 15 is 0 Å². The largest absolute Gasteiger partial charge is 0.378 e. The number of hydrogen-bond acceptors (Lipinski definition) is 1. The van der Waals surface area contributed by atoms with Gasteiger partial charge in [-0.15, -0.1) is 0 Å². The molecule has 0 saturated heterocycles. The van der Waals surface area contributed by atoms with Crippen LogP contribution in [0.25, 0.3) is 0 Å². The van der Waals surface area contributed by atoms with Crippen molar-refractivity contribution in [3.63, 3.8) is 0 Å². The maximum atomic E-state index is 10.1. The molecule has 2 nitrogen and oxygen atoms in total. The minimum Gasteiger partial charge on any atom is -0.242 e. The van der Waals surface area contributed by atoms with Crippen LogP contribution in [-0.4, -0.2) is 5.97 Å². The molecule has 2 heteroatoms. The Balaban J connectivity index is 3.64. The third-order valence-electron chi connectivity index (χ3n) is 2.27. The Hall–Kier alpha value is -0.790. The molecule has 0 aliphatic carbocycles. The van der Waals surface area contributed by atoms with Crippen molar-refractivity contribution in [1.29, 1.82) is 0 Å². The number of rotatable bonds is 7. The average Bonchev–Trinajstić information content (AvgIpc) is 2.10. The molecule has 13 heavy (non-hydrogen) atoms.